The first-order chi connectivity index (χ1) is 11.9. The van der Waals surface area contributed by atoms with Gasteiger partial charge in [-0.1, -0.05) is 48.0 Å². The molecule has 0 aliphatic heterocycles. The molecule has 1 aliphatic rings. The van der Waals surface area contributed by atoms with E-state index in [0.29, 0.717) is 30.1 Å². The van der Waals surface area contributed by atoms with E-state index in [4.69, 9.17) is 11.6 Å². The Hall–Kier alpha value is -2.33. The number of carbonyl (C=O) groups excluding carboxylic acids is 2. The Balaban J connectivity index is 1.71. The second-order valence-electron chi connectivity index (χ2n) is 6.60. The number of benzene rings is 2. The third-order valence-corrected chi connectivity index (χ3v) is 5.13. The topological polar surface area (TPSA) is 49.4 Å². The maximum Gasteiger partial charge on any atom is 0.240 e. The van der Waals surface area contributed by atoms with Crippen molar-refractivity contribution in [1.29, 1.82) is 0 Å². The lowest BCUT2D eigenvalue weighted by Gasteiger charge is -2.23. The summed E-state index contributed by atoms with van der Waals surface area (Å²) in [4.78, 5) is 27.2. The van der Waals surface area contributed by atoms with Gasteiger partial charge in [0.1, 0.15) is 5.41 Å². The fourth-order valence-electron chi connectivity index (χ4n) is 2.94. The summed E-state index contributed by atoms with van der Waals surface area (Å²) in [5, 5.41) is 3.48. The van der Waals surface area contributed by atoms with Gasteiger partial charge in [-0.05, 0) is 43.0 Å². The van der Waals surface area contributed by atoms with Crippen molar-refractivity contribution in [2.45, 2.75) is 26.3 Å². The Kier molecular flexibility index (Phi) is 4.82. The molecule has 0 aromatic heterocycles. The molecular weight excluding hydrogens is 336 g/mol. The lowest BCUT2D eigenvalue weighted by molar-refractivity contribution is -0.141. The molecule has 130 valence electrons. The summed E-state index contributed by atoms with van der Waals surface area (Å²) in [6, 6.07) is 15.1. The molecule has 0 radical (unpaired) electrons. The smallest absolute Gasteiger partial charge is 0.240 e. The van der Waals surface area contributed by atoms with Crippen LogP contribution in [-0.2, 0) is 16.1 Å². The summed E-state index contributed by atoms with van der Waals surface area (Å²) in [7, 11) is 1.74. The van der Waals surface area contributed by atoms with Gasteiger partial charge in [0.25, 0.3) is 0 Å². The average molecular weight is 357 g/mol. The minimum Gasteiger partial charge on any atom is -0.340 e. The Morgan fingerprint density at radius 2 is 1.80 bits per heavy atom. The molecule has 5 heteroatoms. The monoisotopic (exact) mass is 356 g/mol. The fourth-order valence-corrected chi connectivity index (χ4v) is 3.12. The first-order valence-electron chi connectivity index (χ1n) is 8.30. The quantitative estimate of drug-likeness (QED) is 0.822. The van der Waals surface area contributed by atoms with Crippen LogP contribution in [0.5, 0.6) is 0 Å². The van der Waals surface area contributed by atoms with Gasteiger partial charge in [-0.2, -0.15) is 0 Å². The predicted octanol–water partition coefficient (Wildman–Crippen LogP) is 4.03. The van der Waals surface area contributed by atoms with Crippen molar-refractivity contribution >= 4 is 29.1 Å². The van der Waals surface area contributed by atoms with E-state index >= 15 is 0 Å². The first kappa shape index (κ1) is 17.5. The van der Waals surface area contributed by atoms with Crippen molar-refractivity contribution in [3.05, 3.63) is 64.7 Å². The van der Waals surface area contributed by atoms with Crippen LogP contribution in [0.3, 0.4) is 0 Å². The number of nitrogens with zero attached hydrogens (tertiary/aromatic N) is 1. The van der Waals surface area contributed by atoms with Crippen LogP contribution in [0.2, 0.25) is 5.02 Å². The summed E-state index contributed by atoms with van der Waals surface area (Å²) < 4.78 is 0. The van der Waals surface area contributed by atoms with E-state index in [-0.39, 0.29) is 11.8 Å². The van der Waals surface area contributed by atoms with Crippen molar-refractivity contribution in [1.82, 2.24) is 4.90 Å². The zero-order valence-corrected chi connectivity index (χ0v) is 15.1. The van der Waals surface area contributed by atoms with E-state index in [2.05, 4.69) is 5.32 Å². The molecule has 25 heavy (non-hydrogen) atoms. The SMILES string of the molecule is Cc1c(Cl)cccc1NC(=O)C1(C(=O)N(C)Cc2ccccc2)CC1. The van der Waals surface area contributed by atoms with Gasteiger partial charge in [0.2, 0.25) is 11.8 Å². The zero-order chi connectivity index (χ0) is 18.0. The molecule has 0 atom stereocenters. The van der Waals surface area contributed by atoms with Crippen LogP contribution in [0, 0.1) is 12.3 Å². The molecule has 2 amide bonds. The number of hydrogen-bond acceptors (Lipinski definition) is 2. The largest absolute Gasteiger partial charge is 0.340 e. The minimum atomic E-state index is -0.946. The standard InChI is InChI=1S/C20H21ClN2O2/c1-14-16(21)9-6-10-17(14)22-18(24)20(11-12-20)19(25)23(2)13-15-7-4-3-5-8-15/h3-10H,11-13H2,1-2H3,(H,22,24). The number of anilines is 1. The van der Waals surface area contributed by atoms with Gasteiger partial charge in [0.15, 0.2) is 0 Å². The maximum absolute atomic E-state index is 12.9. The van der Waals surface area contributed by atoms with Gasteiger partial charge in [0, 0.05) is 24.3 Å². The third kappa shape index (κ3) is 3.54. The number of rotatable bonds is 5. The van der Waals surface area contributed by atoms with E-state index in [1.165, 1.54) is 0 Å². The molecule has 3 rings (SSSR count). The molecular formula is C20H21ClN2O2. The van der Waals surface area contributed by atoms with Crippen molar-refractivity contribution in [2.24, 2.45) is 5.41 Å². The third-order valence-electron chi connectivity index (χ3n) is 4.72. The molecule has 0 bridgehead atoms. The van der Waals surface area contributed by atoms with Crippen LogP contribution in [0.15, 0.2) is 48.5 Å². The highest BCUT2D eigenvalue weighted by Crippen LogP contribution is 2.48. The summed E-state index contributed by atoms with van der Waals surface area (Å²) >= 11 is 6.10. The van der Waals surface area contributed by atoms with Crippen LogP contribution < -0.4 is 5.32 Å². The molecule has 2 aromatic rings. The summed E-state index contributed by atoms with van der Waals surface area (Å²) in [6.45, 7) is 2.34. The highest BCUT2D eigenvalue weighted by molar-refractivity contribution is 6.31. The number of nitrogens with one attached hydrogen (secondary N) is 1. The number of halogens is 1. The molecule has 0 unspecified atom stereocenters. The summed E-state index contributed by atoms with van der Waals surface area (Å²) in [6.07, 6.45) is 1.16. The lowest BCUT2D eigenvalue weighted by Crippen LogP contribution is -2.40. The zero-order valence-electron chi connectivity index (χ0n) is 14.4. The highest BCUT2D eigenvalue weighted by atomic mass is 35.5. The molecule has 0 saturated heterocycles. The molecule has 0 heterocycles. The molecule has 1 aliphatic carbocycles. The molecule has 1 N–H and O–H groups in total. The Labute approximate surface area is 152 Å². The lowest BCUT2D eigenvalue weighted by atomic mass is 10.0. The van der Waals surface area contributed by atoms with Gasteiger partial charge in [0.05, 0.1) is 0 Å². The normalized spacial score (nSPS) is 14.7. The van der Waals surface area contributed by atoms with Crippen molar-refractivity contribution in [3.63, 3.8) is 0 Å². The van der Waals surface area contributed by atoms with Crippen LogP contribution >= 0.6 is 11.6 Å². The highest BCUT2D eigenvalue weighted by Gasteiger charge is 2.57. The Bertz CT molecular complexity index is 801. The average Bonchev–Trinajstić information content (AvgIpc) is 3.41. The second kappa shape index (κ2) is 6.89. The van der Waals surface area contributed by atoms with E-state index in [0.717, 1.165) is 11.1 Å². The molecule has 2 aromatic carbocycles. The first-order valence-corrected chi connectivity index (χ1v) is 8.68. The minimum absolute atomic E-state index is 0.131. The van der Waals surface area contributed by atoms with Crippen LogP contribution in [-0.4, -0.2) is 23.8 Å². The van der Waals surface area contributed by atoms with Crippen molar-refractivity contribution in [3.8, 4) is 0 Å². The Morgan fingerprint density at radius 3 is 2.44 bits per heavy atom. The van der Waals surface area contributed by atoms with Crippen LogP contribution in [0.1, 0.15) is 24.0 Å². The molecule has 0 spiro atoms. The molecule has 1 fully saturated rings. The second-order valence-corrected chi connectivity index (χ2v) is 7.00. The number of hydrogen-bond donors (Lipinski definition) is 1. The van der Waals surface area contributed by atoms with Crippen LogP contribution in [0.25, 0.3) is 0 Å². The predicted molar refractivity (Wildman–Crippen MR) is 99.4 cm³/mol. The van der Waals surface area contributed by atoms with Gasteiger partial charge < -0.3 is 10.2 Å². The van der Waals surface area contributed by atoms with E-state index in [9.17, 15) is 9.59 Å². The summed E-state index contributed by atoms with van der Waals surface area (Å²) in [5.74, 6) is -0.378. The Morgan fingerprint density at radius 1 is 1.12 bits per heavy atom. The van der Waals surface area contributed by atoms with Gasteiger partial charge in [-0.3, -0.25) is 9.59 Å². The van der Waals surface area contributed by atoms with E-state index in [1.54, 1.807) is 30.1 Å². The molecule has 1 saturated carbocycles. The van der Waals surface area contributed by atoms with E-state index in [1.807, 2.05) is 37.3 Å². The maximum atomic E-state index is 12.9. The van der Waals surface area contributed by atoms with Gasteiger partial charge >= 0.3 is 0 Å². The van der Waals surface area contributed by atoms with Crippen LogP contribution in [0.4, 0.5) is 5.69 Å². The van der Waals surface area contributed by atoms with Gasteiger partial charge in [-0.25, -0.2) is 0 Å². The fraction of sp³-hybridized carbons (Fsp3) is 0.300. The van der Waals surface area contributed by atoms with Gasteiger partial charge in [-0.15, -0.1) is 0 Å². The van der Waals surface area contributed by atoms with Crippen molar-refractivity contribution < 1.29 is 9.59 Å². The molecule has 4 nitrogen and oxygen atoms in total. The number of amides is 2. The van der Waals surface area contributed by atoms with E-state index < -0.39 is 5.41 Å². The van der Waals surface area contributed by atoms with Crippen molar-refractivity contribution in [2.75, 3.05) is 12.4 Å². The summed E-state index contributed by atoms with van der Waals surface area (Å²) in [5.41, 5.74) is 1.55. The number of carbonyl (C=O) groups is 2.